The molecule has 2 aliphatic rings. The van der Waals surface area contributed by atoms with Crippen molar-refractivity contribution in [2.75, 3.05) is 18.1 Å². The zero-order valence-corrected chi connectivity index (χ0v) is 17.9. The van der Waals surface area contributed by atoms with E-state index in [2.05, 4.69) is 0 Å². The first-order valence-corrected chi connectivity index (χ1v) is 12.5. The van der Waals surface area contributed by atoms with Gasteiger partial charge in [-0.1, -0.05) is 6.42 Å². The van der Waals surface area contributed by atoms with Crippen molar-refractivity contribution in [3.05, 3.63) is 26.6 Å². The van der Waals surface area contributed by atoms with Gasteiger partial charge < -0.3 is 4.90 Å². The Morgan fingerprint density at radius 3 is 2.79 bits per heavy atom. The highest BCUT2D eigenvalue weighted by atomic mass is 32.2. The molecule has 4 heterocycles. The van der Waals surface area contributed by atoms with E-state index in [1.54, 1.807) is 16.4 Å². The standard InChI is InChI=1S/C19H25N3O4S2/c1-3-21(13-8-10-28(25,26)11-13)19(24)16-12(2)15-17(27-16)20-14-7-5-4-6-9-22(14)18(15)23/h13H,3-11H2,1-2H3/t13-/m0/s1. The van der Waals surface area contributed by atoms with Gasteiger partial charge in [0.15, 0.2) is 9.84 Å². The minimum Gasteiger partial charge on any atom is -0.334 e. The molecule has 1 saturated heterocycles. The molecule has 0 radical (unpaired) electrons. The van der Waals surface area contributed by atoms with E-state index in [4.69, 9.17) is 4.98 Å². The summed E-state index contributed by atoms with van der Waals surface area (Å²) in [5.41, 5.74) is 0.613. The molecule has 0 spiro atoms. The largest absolute Gasteiger partial charge is 0.334 e. The van der Waals surface area contributed by atoms with Crippen LogP contribution in [0.4, 0.5) is 0 Å². The van der Waals surface area contributed by atoms with E-state index >= 15 is 0 Å². The highest BCUT2D eigenvalue weighted by Crippen LogP contribution is 2.31. The first-order chi connectivity index (χ1) is 13.3. The lowest BCUT2D eigenvalue weighted by Gasteiger charge is -2.26. The van der Waals surface area contributed by atoms with Crippen LogP contribution in [0.3, 0.4) is 0 Å². The number of aromatic nitrogens is 2. The number of hydrogen-bond donors (Lipinski definition) is 0. The van der Waals surface area contributed by atoms with E-state index in [9.17, 15) is 18.0 Å². The second-order valence-electron chi connectivity index (χ2n) is 7.68. The van der Waals surface area contributed by atoms with Gasteiger partial charge in [-0.2, -0.15) is 0 Å². The number of carbonyl (C=O) groups excluding carboxylic acids is 1. The zero-order chi connectivity index (χ0) is 20.1. The van der Waals surface area contributed by atoms with Gasteiger partial charge in [0.1, 0.15) is 10.7 Å². The topological polar surface area (TPSA) is 89.3 Å². The average Bonchev–Trinajstić information content (AvgIpc) is 3.05. The second-order valence-corrected chi connectivity index (χ2v) is 10.9. The Hall–Kier alpha value is -1.74. The minimum atomic E-state index is -3.08. The third kappa shape index (κ3) is 3.28. The molecule has 9 heteroatoms. The molecular formula is C19H25N3O4S2. The van der Waals surface area contributed by atoms with Gasteiger partial charge in [-0.05, 0) is 38.7 Å². The van der Waals surface area contributed by atoms with Crippen molar-refractivity contribution >= 4 is 37.3 Å². The molecule has 2 aromatic heterocycles. The van der Waals surface area contributed by atoms with Gasteiger partial charge in [-0.25, -0.2) is 13.4 Å². The van der Waals surface area contributed by atoms with Crippen LogP contribution in [0.1, 0.15) is 53.7 Å². The number of aryl methyl sites for hydroxylation is 2. The van der Waals surface area contributed by atoms with E-state index in [0.717, 1.165) is 31.5 Å². The van der Waals surface area contributed by atoms with Gasteiger partial charge in [0.25, 0.3) is 11.5 Å². The quantitative estimate of drug-likeness (QED) is 0.755. The van der Waals surface area contributed by atoms with E-state index < -0.39 is 9.84 Å². The molecule has 4 rings (SSSR count). The van der Waals surface area contributed by atoms with Gasteiger partial charge in [-0.3, -0.25) is 14.2 Å². The highest BCUT2D eigenvalue weighted by molar-refractivity contribution is 7.91. The summed E-state index contributed by atoms with van der Waals surface area (Å²) in [6.07, 6.45) is 4.34. The lowest BCUT2D eigenvalue weighted by Crippen LogP contribution is -2.40. The molecular weight excluding hydrogens is 398 g/mol. The Morgan fingerprint density at radius 1 is 1.32 bits per heavy atom. The summed E-state index contributed by atoms with van der Waals surface area (Å²) in [6, 6.07) is -0.294. The Kier molecular flexibility index (Phi) is 5.07. The summed E-state index contributed by atoms with van der Waals surface area (Å²) in [6.45, 7) is 4.78. The van der Waals surface area contributed by atoms with Crippen LogP contribution in [0.15, 0.2) is 4.79 Å². The summed E-state index contributed by atoms with van der Waals surface area (Å²) in [5, 5.41) is 0.536. The fourth-order valence-electron chi connectivity index (χ4n) is 4.33. The number of thiophene rings is 1. The molecule has 0 aromatic carbocycles. The minimum absolute atomic E-state index is 0.0196. The molecule has 1 amide bonds. The maximum atomic E-state index is 13.3. The van der Waals surface area contributed by atoms with Crippen molar-refractivity contribution in [3.63, 3.8) is 0 Å². The van der Waals surface area contributed by atoms with Crippen LogP contribution in [0.2, 0.25) is 0 Å². The maximum absolute atomic E-state index is 13.3. The van der Waals surface area contributed by atoms with Gasteiger partial charge in [0.05, 0.1) is 21.8 Å². The van der Waals surface area contributed by atoms with Crippen LogP contribution in [0, 0.1) is 6.92 Å². The lowest BCUT2D eigenvalue weighted by molar-refractivity contribution is 0.0713. The second kappa shape index (κ2) is 7.26. The predicted octanol–water partition coefficient (Wildman–Crippen LogP) is 2.14. The molecule has 0 unspecified atom stereocenters. The van der Waals surface area contributed by atoms with Gasteiger partial charge >= 0.3 is 0 Å². The van der Waals surface area contributed by atoms with Crippen molar-refractivity contribution in [3.8, 4) is 0 Å². The van der Waals surface area contributed by atoms with Crippen LogP contribution in [0.25, 0.3) is 10.2 Å². The number of sulfone groups is 1. The monoisotopic (exact) mass is 423 g/mol. The zero-order valence-electron chi connectivity index (χ0n) is 16.2. The van der Waals surface area contributed by atoms with Gasteiger partial charge in [0.2, 0.25) is 0 Å². The number of hydrogen-bond acceptors (Lipinski definition) is 6. The van der Waals surface area contributed by atoms with Crippen LogP contribution >= 0.6 is 11.3 Å². The molecule has 152 valence electrons. The molecule has 0 aliphatic carbocycles. The Balaban J connectivity index is 1.76. The summed E-state index contributed by atoms with van der Waals surface area (Å²) < 4.78 is 25.5. The van der Waals surface area contributed by atoms with E-state index in [-0.39, 0.29) is 29.0 Å². The predicted molar refractivity (Wildman–Crippen MR) is 110 cm³/mol. The molecule has 2 aliphatic heterocycles. The van der Waals surface area contributed by atoms with Crippen LogP contribution in [-0.4, -0.2) is 52.9 Å². The Labute approximate surface area is 168 Å². The molecule has 1 atom stereocenters. The average molecular weight is 424 g/mol. The molecule has 7 nitrogen and oxygen atoms in total. The Bertz CT molecular complexity index is 1100. The van der Waals surface area contributed by atoms with Crippen LogP contribution in [0.5, 0.6) is 0 Å². The summed E-state index contributed by atoms with van der Waals surface area (Å²) in [7, 11) is -3.08. The molecule has 0 N–H and O–H groups in total. The lowest BCUT2D eigenvalue weighted by atomic mass is 10.1. The fraction of sp³-hybridized carbons (Fsp3) is 0.632. The van der Waals surface area contributed by atoms with Gasteiger partial charge in [-0.15, -0.1) is 11.3 Å². The smallest absolute Gasteiger partial charge is 0.264 e. The SMILES string of the molecule is CCN(C(=O)c1sc2nc3n(c(=O)c2c1C)CCCCC3)[C@H]1CCS(=O)(=O)C1. The van der Waals surface area contributed by atoms with Crippen molar-refractivity contribution in [1.82, 2.24) is 14.5 Å². The van der Waals surface area contributed by atoms with Gasteiger partial charge in [0, 0.05) is 25.6 Å². The fourth-order valence-corrected chi connectivity index (χ4v) is 7.21. The summed E-state index contributed by atoms with van der Waals surface area (Å²) in [5.74, 6) is 0.767. The number of amides is 1. The molecule has 2 aromatic rings. The first kappa shape index (κ1) is 19.6. The molecule has 0 saturated carbocycles. The van der Waals surface area contributed by atoms with E-state index in [1.807, 2.05) is 6.92 Å². The number of fused-ring (bicyclic) bond motifs is 2. The van der Waals surface area contributed by atoms with E-state index in [0.29, 0.717) is 40.2 Å². The number of carbonyl (C=O) groups is 1. The molecule has 1 fully saturated rings. The van der Waals surface area contributed by atoms with Crippen molar-refractivity contribution < 1.29 is 13.2 Å². The van der Waals surface area contributed by atoms with Crippen molar-refractivity contribution in [2.24, 2.45) is 0 Å². The van der Waals surface area contributed by atoms with E-state index in [1.165, 1.54) is 11.3 Å². The van der Waals surface area contributed by atoms with Crippen molar-refractivity contribution in [2.45, 2.75) is 58.5 Å². The highest BCUT2D eigenvalue weighted by Gasteiger charge is 2.35. The first-order valence-electron chi connectivity index (χ1n) is 9.86. The summed E-state index contributed by atoms with van der Waals surface area (Å²) >= 11 is 1.26. The van der Waals surface area contributed by atoms with Crippen LogP contribution in [-0.2, 0) is 22.8 Å². The third-order valence-electron chi connectivity index (χ3n) is 5.86. The van der Waals surface area contributed by atoms with Crippen molar-refractivity contribution in [1.29, 1.82) is 0 Å². The van der Waals surface area contributed by atoms with Crippen LogP contribution < -0.4 is 5.56 Å². The number of nitrogens with zero attached hydrogens (tertiary/aromatic N) is 3. The third-order valence-corrected chi connectivity index (χ3v) is 8.78. The Morgan fingerprint density at radius 2 is 2.11 bits per heavy atom. The molecule has 0 bridgehead atoms. The summed E-state index contributed by atoms with van der Waals surface area (Å²) in [4.78, 5) is 33.8. The normalized spacial score (nSPS) is 21.4. The number of rotatable bonds is 3. The molecule has 28 heavy (non-hydrogen) atoms. The maximum Gasteiger partial charge on any atom is 0.264 e.